The van der Waals surface area contributed by atoms with Gasteiger partial charge in [0.1, 0.15) is 11.6 Å². The number of nitrogens with one attached hydrogen (secondary N) is 1. The van der Waals surface area contributed by atoms with Crippen molar-refractivity contribution in [3.8, 4) is 5.75 Å². The van der Waals surface area contributed by atoms with Gasteiger partial charge in [-0.25, -0.2) is 12.8 Å². The van der Waals surface area contributed by atoms with Gasteiger partial charge in [-0.2, -0.15) is 13.1 Å². The smallest absolute Gasteiger partial charge is 0.387 e. The van der Waals surface area contributed by atoms with Crippen molar-refractivity contribution in [2.24, 2.45) is 5.92 Å². The molecule has 0 spiro atoms. The molecule has 1 amide bonds. The van der Waals surface area contributed by atoms with Crippen LogP contribution in [0.25, 0.3) is 0 Å². The number of amides is 1. The Kier molecular flexibility index (Phi) is 7.22. The van der Waals surface area contributed by atoms with Crippen LogP contribution in [0.5, 0.6) is 5.75 Å². The molecule has 0 saturated carbocycles. The van der Waals surface area contributed by atoms with E-state index in [-0.39, 0.29) is 35.6 Å². The maximum Gasteiger partial charge on any atom is 0.387 e. The van der Waals surface area contributed by atoms with Gasteiger partial charge in [0.05, 0.1) is 10.9 Å². The molecule has 1 aliphatic heterocycles. The van der Waals surface area contributed by atoms with E-state index in [0.717, 1.165) is 12.1 Å². The van der Waals surface area contributed by atoms with E-state index < -0.39 is 28.5 Å². The monoisotopic (exact) mass is 456 g/mol. The minimum Gasteiger partial charge on any atom is -0.435 e. The largest absolute Gasteiger partial charge is 0.435 e. The van der Waals surface area contributed by atoms with Crippen molar-refractivity contribution < 1.29 is 31.1 Å². The highest BCUT2D eigenvalue weighted by molar-refractivity contribution is 7.89. The molecule has 0 radical (unpaired) electrons. The molecule has 10 heteroatoms. The van der Waals surface area contributed by atoms with Crippen molar-refractivity contribution in [2.75, 3.05) is 13.1 Å². The summed E-state index contributed by atoms with van der Waals surface area (Å²) in [4.78, 5) is 12.6. The van der Waals surface area contributed by atoms with Gasteiger partial charge in [0.2, 0.25) is 15.9 Å². The zero-order valence-corrected chi connectivity index (χ0v) is 17.6. The first-order valence-corrected chi connectivity index (χ1v) is 11.2. The fourth-order valence-electron chi connectivity index (χ4n) is 3.49. The van der Waals surface area contributed by atoms with Crippen molar-refractivity contribution in [1.82, 2.24) is 9.62 Å². The Hall–Kier alpha value is -2.59. The SMILES string of the molecule is CC(NC(=O)C1CCN(S(=O)(=O)c2ccc(F)cc2)CC1)c1cccc(OC(F)F)c1. The maximum absolute atomic E-state index is 13.1. The Morgan fingerprint density at radius 2 is 1.77 bits per heavy atom. The molecular weight excluding hydrogens is 433 g/mol. The molecule has 2 aromatic carbocycles. The molecule has 1 heterocycles. The number of piperidine rings is 1. The van der Waals surface area contributed by atoms with Crippen molar-refractivity contribution >= 4 is 15.9 Å². The Bertz CT molecular complexity index is 1010. The molecule has 3 rings (SSSR count). The van der Waals surface area contributed by atoms with E-state index >= 15 is 0 Å². The third-order valence-electron chi connectivity index (χ3n) is 5.22. The molecule has 1 unspecified atom stereocenters. The van der Waals surface area contributed by atoms with E-state index in [2.05, 4.69) is 10.1 Å². The van der Waals surface area contributed by atoms with Crippen molar-refractivity contribution in [3.63, 3.8) is 0 Å². The molecule has 1 N–H and O–H groups in total. The Morgan fingerprint density at radius 3 is 2.39 bits per heavy atom. The molecule has 1 atom stereocenters. The molecule has 0 aliphatic carbocycles. The Balaban J connectivity index is 1.57. The zero-order valence-electron chi connectivity index (χ0n) is 16.8. The summed E-state index contributed by atoms with van der Waals surface area (Å²) in [7, 11) is -3.75. The number of nitrogens with zero attached hydrogens (tertiary/aromatic N) is 1. The summed E-state index contributed by atoms with van der Waals surface area (Å²) in [5.74, 6) is -1.11. The number of sulfonamides is 1. The van der Waals surface area contributed by atoms with E-state index in [1.54, 1.807) is 19.1 Å². The summed E-state index contributed by atoms with van der Waals surface area (Å²) < 4.78 is 68.9. The number of hydrogen-bond acceptors (Lipinski definition) is 4. The van der Waals surface area contributed by atoms with Gasteiger partial charge in [0.25, 0.3) is 0 Å². The second-order valence-electron chi connectivity index (χ2n) is 7.31. The summed E-state index contributed by atoms with van der Waals surface area (Å²) in [6, 6.07) is 10.3. The second-order valence-corrected chi connectivity index (χ2v) is 9.25. The standard InChI is InChI=1S/C21H23F3N2O4S/c1-14(16-3-2-4-18(13-16)30-21(23)24)25-20(27)15-9-11-26(12-10-15)31(28,29)19-7-5-17(22)6-8-19/h2-8,13-15,21H,9-12H2,1H3,(H,25,27). The molecule has 6 nitrogen and oxygen atoms in total. The average molecular weight is 456 g/mol. The molecule has 168 valence electrons. The van der Waals surface area contributed by atoms with E-state index in [1.807, 2.05) is 0 Å². The minimum atomic E-state index is -3.75. The highest BCUT2D eigenvalue weighted by Gasteiger charge is 2.32. The number of carbonyl (C=O) groups is 1. The Labute approximate surface area is 179 Å². The van der Waals surface area contributed by atoms with Crippen LogP contribution in [-0.4, -0.2) is 38.3 Å². The fraction of sp³-hybridized carbons (Fsp3) is 0.381. The molecule has 1 aliphatic rings. The van der Waals surface area contributed by atoms with Crippen molar-refractivity contribution in [1.29, 1.82) is 0 Å². The lowest BCUT2D eigenvalue weighted by Crippen LogP contribution is -2.43. The third-order valence-corrected chi connectivity index (χ3v) is 7.13. The Morgan fingerprint density at radius 1 is 1.13 bits per heavy atom. The van der Waals surface area contributed by atoms with Crippen LogP contribution in [-0.2, 0) is 14.8 Å². The topological polar surface area (TPSA) is 75.7 Å². The van der Waals surface area contributed by atoms with E-state index in [1.165, 1.54) is 28.6 Å². The van der Waals surface area contributed by atoms with Crippen LogP contribution in [0.15, 0.2) is 53.4 Å². The molecular formula is C21H23F3N2O4S. The van der Waals surface area contributed by atoms with E-state index in [4.69, 9.17) is 0 Å². The first kappa shape index (κ1) is 23.1. The highest BCUT2D eigenvalue weighted by atomic mass is 32.2. The zero-order chi connectivity index (χ0) is 22.6. The van der Waals surface area contributed by atoms with Crippen LogP contribution >= 0.6 is 0 Å². The predicted molar refractivity (Wildman–Crippen MR) is 108 cm³/mol. The van der Waals surface area contributed by atoms with Gasteiger partial charge in [-0.15, -0.1) is 0 Å². The first-order valence-electron chi connectivity index (χ1n) is 9.77. The number of rotatable bonds is 7. The number of ether oxygens (including phenoxy) is 1. The first-order chi connectivity index (χ1) is 14.7. The molecule has 31 heavy (non-hydrogen) atoms. The van der Waals surface area contributed by atoms with Gasteiger partial charge >= 0.3 is 6.61 Å². The summed E-state index contributed by atoms with van der Waals surface area (Å²) in [6.07, 6.45) is 0.682. The van der Waals surface area contributed by atoms with E-state index in [9.17, 15) is 26.4 Å². The summed E-state index contributed by atoms with van der Waals surface area (Å²) in [6.45, 7) is -0.863. The van der Waals surface area contributed by atoms with Crippen LogP contribution in [0, 0.1) is 11.7 Å². The summed E-state index contributed by atoms with van der Waals surface area (Å²) >= 11 is 0. The summed E-state index contributed by atoms with van der Waals surface area (Å²) in [5.41, 5.74) is 0.614. The number of alkyl halides is 2. The van der Waals surface area contributed by atoms with Crippen LogP contribution in [0.1, 0.15) is 31.4 Å². The molecule has 2 aromatic rings. The molecule has 1 saturated heterocycles. The molecule has 0 bridgehead atoms. The number of halogens is 3. The third kappa shape index (κ3) is 5.76. The normalized spacial score (nSPS) is 16.8. The minimum absolute atomic E-state index is 0.00732. The van der Waals surface area contributed by atoms with E-state index in [0.29, 0.717) is 18.4 Å². The van der Waals surface area contributed by atoms with Crippen molar-refractivity contribution in [3.05, 3.63) is 59.9 Å². The second kappa shape index (κ2) is 9.69. The van der Waals surface area contributed by atoms with Crippen LogP contribution in [0.2, 0.25) is 0 Å². The molecule has 1 fully saturated rings. The van der Waals surface area contributed by atoms with Crippen LogP contribution in [0.4, 0.5) is 13.2 Å². The van der Waals surface area contributed by atoms with Gasteiger partial charge < -0.3 is 10.1 Å². The van der Waals surface area contributed by atoms with Gasteiger partial charge in [0, 0.05) is 19.0 Å². The highest BCUT2D eigenvalue weighted by Crippen LogP contribution is 2.26. The lowest BCUT2D eigenvalue weighted by atomic mass is 9.96. The number of benzene rings is 2. The van der Waals surface area contributed by atoms with Crippen LogP contribution in [0.3, 0.4) is 0 Å². The lowest BCUT2D eigenvalue weighted by molar-refractivity contribution is -0.126. The molecule has 0 aromatic heterocycles. The van der Waals surface area contributed by atoms with Crippen LogP contribution < -0.4 is 10.1 Å². The number of hydrogen-bond donors (Lipinski definition) is 1. The number of carbonyl (C=O) groups excluding carboxylic acids is 1. The van der Waals surface area contributed by atoms with Gasteiger partial charge in [-0.3, -0.25) is 4.79 Å². The predicted octanol–water partition coefficient (Wildman–Crippen LogP) is 3.71. The summed E-state index contributed by atoms with van der Waals surface area (Å²) in [5, 5.41) is 2.85. The van der Waals surface area contributed by atoms with Crippen molar-refractivity contribution in [2.45, 2.75) is 37.3 Å². The van der Waals surface area contributed by atoms with Gasteiger partial charge in [-0.1, -0.05) is 12.1 Å². The maximum atomic E-state index is 13.1. The lowest BCUT2D eigenvalue weighted by Gasteiger charge is -2.31. The fourth-order valence-corrected chi connectivity index (χ4v) is 4.96. The van der Waals surface area contributed by atoms with Gasteiger partial charge in [0.15, 0.2) is 0 Å². The van der Waals surface area contributed by atoms with Gasteiger partial charge in [-0.05, 0) is 61.7 Å². The average Bonchev–Trinajstić information content (AvgIpc) is 2.74. The quantitative estimate of drug-likeness (QED) is 0.689.